The Labute approximate surface area is 209 Å². The van der Waals surface area contributed by atoms with E-state index in [0.717, 1.165) is 28.1 Å². The van der Waals surface area contributed by atoms with E-state index in [1.165, 1.54) is 0 Å². The van der Waals surface area contributed by atoms with Gasteiger partial charge in [-0.15, -0.1) is 11.0 Å². The Morgan fingerprint density at radius 1 is 1.00 bits per heavy atom. The third-order valence-electron chi connectivity index (χ3n) is 5.45. The van der Waals surface area contributed by atoms with Crippen molar-refractivity contribution >= 4 is 11.6 Å². The van der Waals surface area contributed by atoms with Crippen molar-refractivity contribution in [2.75, 3.05) is 20.3 Å². The number of hydrogen-bond donors (Lipinski definition) is 1. The van der Waals surface area contributed by atoms with E-state index in [1.54, 1.807) is 18.5 Å². The van der Waals surface area contributed by atoms with Crippen molar-refractivity contribution in [2.45, 2.75) is 25.9 Å². The first kappa shape index (κ1) is 24.8. The molecule has 0 radical (unpaired) electrons. The van der Waals surface area contributed by atoms with Crippen molar-refractivity contribution in [2.24, 2.45) is 0 Å². The monoisotopic (exact) mass is 485 g/mol. The van der Waals surface area contributed by atoms with Crippen LogP contribution in [0.3, 0.4) is 0 Å². The van der Waals surface area contributed by atoms with Gasteiger partial charge in [-0.25, -0.2) is 9.50 Å². The quantitative estimate of drug-likeness (QED) is 0.245. The van der Waals surface area contributed by atoms with E-state index in [-0.39, 0.29) is 12.3 Å². The molecule has 8 nitrogen and oxygen atoms in total. The Hall–Kier alpha value is -4.35. The zero-order chi connectivity index (χ0) is 25.3. The fourth-order valence-electron chi connectivity index (χ4n) is 3.64. The van der Waals surface area contributed by atoms with E-state index in [9.17, 15) is 4.79 Å². The molecule has 2 aromatic carbocycles. The number of carbonyl (C=O) groups is 1. The van der Waals surface area contributed by atoms with Crippen LogP contribution in [0, 0.1) is 11.8 Å². The molecule has 8 heteroatoms. The number of nitrogens with zero attached hydrogens (tertiary/aromatic N) is 3. The Balaban J connectivity index is 1.40. The summed E-state index contributed by atoms with van der Waals surface area (Å²) in [6.45, 7) is 3.09. The largest absolute Gasteiger partial charge is 0.491 e. The number of methoxy groups -OCH3 is 1. The summed E-state index contributed by atoms with van der Waals surface area (Å²) >= 11 is 0. The lowest BCUT2D eigenvalue weighted by atomic mass is 9.96. The Bertz CT molecular complexity index is 1370. The first-order valence-corrected chi connectivity index (χ1v) is 11.5. The average molecular weight is 486 g/mol. The fourth-order valence-corrected chi connectivity index (χ4v) is 3.64. The predicted molar refractivity (Wildman–Crippen MR) is 135 cm³/mol. The molecule has 0 aliphatic carbocycles. The number of pyridine rings is 1. The Morgan fingerprint density at radius 3 is 2.42 bits per heavy atom. The minimum absolute atomic E-state index is 0.0345. The standard InChI is InChI=1S/C28H27N3O5/c1-3-4-23(17-27(32)33)21-6-10-25(11-7-21)36-19-20-5-14-26-29-28(30-31(26)18-20)22-8-12-24(13-9-22)35-16-15-34-2/h5-14,18,23H,15-17,19H2,1-2H3,(H,32,33)/t23-/m0/s1. The van der Waals surface area contributed by atoms with Gasteiger partial charge in [0.1, 0.15) is 24.7 Å². The minimum Gasteiger partial charge on any atom is -0.491 e. The normalized spacial score (nSPS) is 11.5. The van der Waals surface area contributed by atoms with Crippen LogP contribution in [0.25, 0.3) is 17.0 Å². The molecular weight excluding hydrogens is 458 g/mol. The molecule has 2 heterocycles. The summed E-state index contributed by atoms with van der Waals surface area (Å²) in [5.41, 5.74) is 3.42. The van der Waals surface area contributed by atoms with Gasteiger partial charge in [0.15, 0.2) is 11.5 Å². The molecule has 0 saturated carbocycles. The van der Waals surface area contributed by atoms with Crippen molar-refractivity contribution < 1.29 is 24.1 Å². The van der Waals surface area contributed by atoms with Gasteiger partial charge in [0.2, 0.25) is 0 Å². The Kier molecular flexibility index (Phi) is 8.16. The van der Waals surface area contributed by atoms with Crippen molar-refractivity contribution in [1.82, 2.24) is 14.6 Å². The van der Waals surface area contributed by atoms with Gasteiger partial charge < -0.3 is 19.3 Å². The molecule has 0 spiro atoms. The zero-order valence-electron chi connectivity index (χ0n) is 20.2. The van der Waals surface area contributed by atoms with Crippen LogP contribution in [0.5, 0.6) is 11.5 Å². The molecule has 1 atom stereocenters. The first-order chi connectivity index (χ1) is 17.6. The molecule has 0 aliphatic heterocycles. The molecule has 184 valence electrons. The van der Waals surface area contributed by atoms with E-state index >= 15 is 0 Å². The summed E-state index contributed by atoms with van der Waals surface area (Å²) in [4.78, 5) is 15.7. The van der Waals surface area contributed by atoms with Crippen LogP contribution in [0.2, 0.25) is 0 Å². The summed E-state index contributed by atoms with van der Waals surface area (Å²) in [7, 11) is 1.64. The molecule has 0 bridgehead atoms. The van der Waals surface area contributed by atoms with Crippen LogP contribution in [0.1, 0.15) is 30.4 Å². The zero-order valence-corrected chi connectivity index (χ0v) is 20.2. The van der Waals surface area contributed by atoms with Crippen LogP contribution in [0.4, 0.5) is 0 Å². The van der Waals surface area contributed by atoms with Crippen LogP contribution >= 0.6 is 0 Å². The lowest BCUT2D eigenvalue weighted by Gasteiger charge is -2.11. The molecule has 0 aliphatic rings. The number of carboxylic acid groups (broad SMARTS) is 1. The van der Waals surface area contributed by atoms with Gasteiger partial charge in [-0.05, 0) is 55.0 Å². The lowest BCUT2D eigenvalue weighted by molar-refractivity contribution is -0.137. The van der Waals surface area contributed by atoms with E-state index in [1.807, 2.05) is 66.9 Å². The number of ether oxygens (including phenoxy) is 3. The second kappa shape index (κ2) is 11.9. The number of fused-ring (bicyclic) bond motifs is 1. The fraction of sp³-hybridized carbons (Fsp3) is 0.250. The molecule has 36 heavy (non-hydrogen) atoms. The SMILES string of the molecule is CC#C[C@@H](CC(=O)O)c1ccc(OCc2ccc3nc(-c4ccc(OCCOC)cc4)nn3c2)cc1. The van der Waals surface area contributed by atoms with E-state index < -0.39 is 5.97 Å². The second-order valence-electron chi connectivity index (χ2n) is 8.04. The second-order valence-corrected chi connectivity index (χ2v) is 8.04. The molecule has 0 amide bonds. The molecule has 4 rings (SSSR count). The number of benzene rings is 2. The van der Waals surface area contributed by atoms with Crippen LogP contribution in [-0.4, -0.2) is 46.0 Å². The predicted octanol–water partition coefficient (Wildman–Crippen LogP) is 4.58. The summed E-state index contributed by atoms with van der Waals surface area (Å²) in [5, 5.41) is 13.7. The molecule has 0 fully saturated rings. The maximum Gasteiger partial charge on any atom is 0.304 e. The number of rotatable bonds is 11. The van der Waals surface area contributed by atoms with Gasteiger partial charge in [0.05, 0.1) is 18.9 Å². The third-order valence-corrected chi connectivity index (χ3v) is 5.45. The minimum atomic E-state index is -0.876. The number of aromatic nitrogens is 3. The van der Waals surface area contributed by atoms with Gasteiger partial charge in [0, 0.05) is 24.4 Å². The van der Waals surface area contributed by atoms with Crippen molar-refractivity contribution in [3.05, 3.63) is 78.0 Å². The van der Waals surface area contributed by atoms with Gasteiger partial charge in [-0.1, -0.05) is 24.1 Å². The number of hydrogen-bond acceptors (Lipinski definition) is 6. The third kappa shape index (κ3) is 6.40. The van der Waals surface area contributed by atoms with Crippen LogP contribution in [-0.2, 0) is 16.1 Å². The van der Waals surface area contributed by atoms with E-state index in [4.69, 9.17) is 19.3 Å². The molecular formula is C28H27N3O5. The Morgan fingerprint density at radius 2 is 1.72 bits per heavy atom. The molecule has 0 unspecified atom stereocenters. The number of carboxylic acids is 1. The van der Waals surface area contributed by atoms with Gasteiger partial charge in [-0.3, -0.25) is 4.79 Å². The summed E-state index contributed by atoms with van der Waals surface area (Å²) in [5.74, 6) is 6.61. The highest BCUT2D eigenvalue weighted by molar-refractivity contribution is 5.69. The van der Waals surface area contributed by atoms with Crippen LogP contribution in [0.15, 0.2) is 66.9 Å². The summed E-state index contributed by atoms with van der Waals surface area (Å²) < 4.78 is 18.3. The van der Waals surface area contributed by atoms with Gasteiger partial charge in [-0.2, -0.15) is 0 Å². The highest BCUT2D eigenvalue weighted by Crippen LogP contribution is 2.23. The van der Waals surface area contributed by atoms with Crippen molar-refractivity contribution in [3.63, 3.8) is 0 Å². The topological polar surface area (TPSA) is 95.2 Å². The van der Waals surface area contributed by atoms with E-state index in [2.05, 4.69) is 21.9 Å². The molecule has 2 aromatic heterocycles. The summed E-state index contributed by atoms with van der Waals surface area (Å²) in [6, 6.07) is 18.9. The molecule has 0 saturated heterocycles. The highest BCUT2D eigenvalue weighted by Gasteiger charge is 2.13. The van der Waals surface area contributed by atoms with Crippen LogP contribution < -0.4 is 9.47 Å². The number of aliphatic carboxylic acids is 1. The average Bonchev–Trinajstić information content (AvgIpc) is 3.31. The van der Waals surface area contributed by atoms with E-state index in [0.29, 0.717) is 31.4 Å². The maximum absolute atomic E-state index is 11.1. The van der Waals surface area contributed by atoms with Crippen molar-refractivity contribution in [1.29, 1.82) is 0 Å². The van der Waals surface area contributed by atoms with Gasteiger partial charge >= 0.3 is 5.97 Å². The summed E-state index contributed by atoms with van der Waals surface area (Å²) in [6.07, 6.45) is 1.86. The van der Waals surface area contributed by atoms with Crippen molar-refractivity contribution in [3.8, 4) is 34.7 Å². The highest BCUT2D eigenvalue weighted by atomic mass is 16.5. The molecule has 4 aromatic rings. The molecule has 1 N–H and O–H groups in total. The lowest BCUT2D eigenvalue weighted by Crippen LogP contribution is -2.04. The smallest absolute Gasteiger partial charge is 0.304 e. The first-order valence-electron chi connectivity index (χ1n) is 11.5. The maximum atomic E-state index is 11.1. The van der Waals surface area contributed by atoms with Gasteiger partial charge in [0.25, 0.3) is 0 Å².